The Labute approximate surface area is 176 Å². The van der Waals surface area contributed by atoms with Crippen molar-refractivity contribution in [1.29, 1.82) is 0 Å². The molecule has 1 heterocycles. The van der Waals surface area contributed by atoms with Crippen LogP contribution in [0.4, 0.5) is 5.69 Å². The Morgan fingerprint density at radius 1 is 1.21 bits per heavy atom. The lowest BCUT2D eigenvalue weighted by atomic mass is 9.86. The topological polar surface area (TPSA) is 38.8 Å². The second-order valence-corrected chi connectivity index (χ2v) is 8.41. The van der Waals surface area contributed by atoms with E-state index in [0.717, 1.165) is 28.3 Å². The molecule has 0 unspecified atom stereocenters. The minimum absolute atomic E-state index is 0.0383. The second kappa shape index (κ2) is 9.31. The molecular weight excluding hydrogens is 394 g/mol. The number of methoxy groups -OCH3 is 1. The van der Waals surface area contributed by atoms with Gasteiger partial charge in [0.05, 0.1) is 16.3 Å². The highest BCUT2D eigenvalue weighted by Gasteiger charge is 2.34. The molecule has 2 aromatic carbocycles. The van der Waals surface area contributed by atoms with Gasteiger partial charge in [0.2, 0.25) is 5.91 Å². The third-order valence-corrected chi connectivity index (χ3v) is 6.53. The molecule has 0 spiro atoms. The Hall–Kier alpha value is -1.53. The Morgan fingerprint density at radius 2 is 1.93 bits per heavy atom. The molecule has 0 bridgehead atoms. The summed E-state index contributed by atoms with van der Waals surface area (Å²) in [4.78, 5) is 15.7. The molecule has 4 nitrogen and oxygen atoms in total. The van der Waals surface area contributed by atoms with Crippen LogP contribution in [-0.4, -0.2) is 33.3 Å². The van der Waals surface area contributed by atoms with Gasteiger partial charge in [0, 0.05) is 56.4 Å². The first-order chi connectivity index (χ1) is 13.5. The number of carbonyl (C=O) groups excluding carboxylic acids is 1. The van der Waals surface area contributed by atoms with Crippen LogP contribution in [0.3, 0.4) is 0 Å². The van der Waals surface area contributed by atoms with E-state index < -0.39 is 0 Å². The summed E-state index contributed by atoms with van der Waals surface area (Å²) in [7, 11) is 3.53. The van der Waals surface area contributed by atoms with E-state index >= 15 is 0 Å². The predicted molar refractivity (Wildman–Crippen MR) is 114 cm³/mol. The van der Waals surface area contributed by atoms with E-state index in [1.54, 1.807) is 30.8 Å². The van der Waals surface area contributed by atoms with Crippen molar-refractivity contribution < 1.29 is 14.3 Å². The average molecular weight is 420 g/mol. The van der Waals surface area contributed by atoms with E-state index in [4.69, 9.17) is 21.1 Å². The zero-order valence-corrected chi connectivity index (χ0v) is 18.1. The summed E-state index contributed by atoms with van der Waals surface area (Å²) in [6.45, 7) is 3.27. The minimum atomic E-state index is -0.278. The zero-order chi connectivity index (χ0) is 20.1. The molecule has 28 heavy (non-hydrogen) atoms. The lowest BCUT2D eigenvalue weighted by Crippen LogP contribution is -2.35. The second-order valence-electron chi connectivity index (χ2n) is 6.86. The minimum Gasteiger partial charge on any atom is -0.381 e. The van der Waals surface area contributed by atoms with Crippen molar-refractivity contribution in [1.82, 2.24) is 0 Å². The molecule has 0 aromatic heterocycles. The molecule has 0 aliphatic carbocycles. The molecule has 6 heteroatoms. The van der Waals surface area contributed by atoms with Crippen LogP contribution in [0.1, 0.15) is 31.7 Å². The number of anilines is 1. The van der Waals surface area contributed by atoms with Crippen LogP contribution >= 0.6 is 23.4 Å². The third kappa shape index (κ3) is 4.54. The fourth-order valence-electron chi connectivity index (χ4n) is 3.49. The summed E-state index contributed by atoms with van der Waals surface area (Å²) >= 11 is 8.10. The van der Waals surface area contributed by atoms with E-state index in [-0.39, 0.29) is 11.5 Å². The van der Waals surface area contributed by atoms with Crippen molar-refractivity contribution in [3.05, 3.63) is 53.1 Å². The summed E-state index contributed by atoms with van der Waals surface area (Å²) in [5.74, 6) is 0.0383. The third-order valence-electron chi connectivity index (χ3n) is 5.24. The maximum atomic E-state index is 11.9. The van der Waals surface area contributed by atoms with Crippen LogP contribution in [0, 0.1) is 0 Å². The summed E-state index contributed by atoms with van der Waals surface area (Å²) in [6, 6.07) is 14.3. The van der Waals surface area contributed by atoms with Crippen molar-refractivity contribution in [3.8, 4) is 0 Å². The number of benzene rings is 2. The Balaban J connectivity index is 1.81. The number of hydrogen-bond donors (Lipinski definition) is 0. The van der Waals surface area contributed by atoms with Gasteiger partial charge in [-0.25, -0.2) is 0 Å². The first kappa shape index (κ1) is 21.2. The Morgan fingerprint density at radius 3 is 2.57 bits per heavy atom. The summed E-state index contributed by atoms with van der Waals surface area (Å²) in [5, 5.41) is 0.572. The molecule has 0 saturated carbocycles. The first-order valence-electron chi connectivity index (χ1n) is 9.46. The van der Waals surface area contributed by atoms with Gasteiger partial charge in [-0.05, 0) is 35.9 Å². The number of rotatable bonds is 6. The summed E-state index contributed by atoms with van der Waals surface area (Å²) in [5.41, 5.74) is 1.63. The van der Waals surface area contributed by atoms with Crippen LogP contribution < -0.4 is 4.90 Å². The van der Waals surface area contributed by atoms with Gasteiger partial charge in [-0.15, -0.1) is 0 Å². The van der Waals surface area contributed by atoms with Gasteiger partial charge >= 0.3 is 0 Å². The molecule has 0 atom stereocenters. The maximum absolute atomic E-state index is 11.9. The zero-order valence-electron chi connectivity index (χ0n) is 16.5. The highest BCUT2D eigenvalue weighted by Crippen LogP contribution is 2.39. The molecule has 150 valence electrons. The van der Waals surface area contributed by atoms with E-state index in [2.05, 4.69) is 24.3 Å². The SMILES string of the molecule is CCC(=O)N(C)c1ccc(Sc2cccc(C3(OC)CCOCC3)c2)cc1Cl. The molecule has 0 N–H and O–H groups in total. The van der Waals surface area contributed by atoms with Gasteiger partial charge in [0.1, 0.15) is 0 Å². The summed E-state index contributed by atoms with van der Waals surface area (Å²) < 4.78 is 11.4. The number of ether oxygens (including phenoxy) is 2. The van der Waals surface area contributed by atoms with Gasteiger partial charge in [-0.3, -0.25) is 4.79 Å². The fourth-order valence-corrected chi connectivity index (χ4v) is 4.78. The van der Waals surface area contributed by atoms with Crippen LogP contribution in [0.2, 0.25) is 5.02 Å². The highest BCUT2D eigenvalue weighted by atomic mass is 35.5. The smallest absolute Gasteiger partial charge is 0.226 e. The molecule has 1 fully saturated rings. The van der Waals surface area contributed by atoms with E-state index in [1.807, 2.05) is 25.1 Å². The lowest BCUT2D eigenvalue weighted by Gasteiger charge is -2.36. The van der Waals surface area contributed by atoms with Gasteiger partial charge in [-0.1, -0.05) is 42.4 Å². The number of amides is 1. The molecule has 1 aliphatic heterocycles. The predicted octanol–water partition coefficient (Wildman–Crippen LogP) is 5.52. The van der Waals surface area contributed by atoms with Crippen molar-refractivity contribution >= 4 is 35.0 Å². The van der Waals surface area contributed by atoms with Crippen molar-refractivity contribution in [2.45, 2.75) is 41.6 Å². The fraction of sp³-hybridized carbons (Fsp3) is 0.409. The molecular formula is C22H26ClNO3S. The standard InChI is InChI=1S/C22H26ClNO3S/c1-4-21(25)24(2)20-9-8-18(15-19(20)23)28-17-7-5-6-16(14-17)22(26-3)10-12-27-13-11-22/h5-9,14-15H,4,10-13H2,1-3H3. The number of nitrogens with zero attached hydrogens (tertiary/aromatic N) is 1. The van der Waals surface area contributed by atoms with Crippen molar-refractivity contribution in [2.75, 3.05) is 32.3 Å². The van der Waals surface area contributed by atoms with Crippen LogP contribution in [0.25, 0.3) is 0 Å². The largest absolute Gasteiger partial charge is 0.381 e. The maximum Gasteiger partial charge on any atom is 0.226 e. The van der Waals surface area contributed by atoms with Crippen molar-refractivity contribution in [3.63, 3.8) is 0 Å². The van der Waals surface area contributed by atoms with Crippen LogP contribution in [-0.2, 0) is 19.9 Å². The number of hydrogen-bond acceptors (Lipinski definition) is 4. The molecule has 0 radical (unpaired) electrons. The van der Waals surface area contributed by atoms with Gasteiger partial charge < -0.3 is 14.4 Å². The normalized spacial score (nSPS) is 16.0. The first-order valence-corrected chi connectivity index (χ1v) is 10.7. The van der Waals surface area contributed by atoms with E-state index in [0.29, 0.717) is 24.7 Å². The molecule has 1 amide bonds. The number of carbonyl (C=O) groups is 1. The monoisotopic (exact) mass is 419 g/mol. The summed E-state index contributed by atoms with van der Waals surface area (Å²) in [6.07, 6.45) is 2.16. The Kier molecular flexibility index (Phi) is 7.05. The van der Waals surface area contributed by atoms with Gasteiger partial charge in [-0.2, -0.15) is 0 Å². The van der Waals surface area contributed by atoms with E-state index in [1.165, 1.54) is 5.56 Å². The Bertz CT molecular complexity index is 836. The average Bonchev–Trinajstić information content (AvgIpc) is 2.73. The highest BCUT2D eigenvalue weighted by molar-refractivity contribution is 7.99. The number of halogens is 1. The molecule has 1 saturated heterocycles. The lowest BCUT2D eigenvalue weighted by molar-refractivity contribution is -0.118. The van der Waals surface area contributed by atoms with Crippen molar-refractivity contribution in [2.24, 2.45) is 0 Å². The molecule has 3 rings (SSSR count). The quantitative estimate of drug-likeness (QED) is 0.618. The van der Waals surface area contributed by atoms with Crippen LogP contribution in [0.5, 0.6) is 0 Å². The van der Waals surface area contributed by atoms with Gasteiger partial charge in [0.15, 0.2) is 0 Å². The van der Waals surface area contributed by atoms with Gasteiger partial charge in [0.25, 0.3) is 0 Å². The molecule has 1 aliphatic rings. The van der Waals surface area contributed by atoms with Crippen LogP contribution in [0.15, 0.2) is 52.3 Å². The van der Waals surface area contributed by atoms with E-state index in [9.17, 15) is 4.79 Å². The molecule has 2 aromatic rings.